The summed E-state index contributed by atoms with van der Waals surface area (Å²) in [5.74, 6) is 0.791. The number of nitrogens with zero attached hydrogens (tertiary/aromatic N) is 6. The van der Waals surface area contributed by atoms with E-state index in [-0.39, 0.29) is 17.8 Å². The van der Waals surface area contributed by atoms with Gasteiger partial charge < -0.3 is 4.90 Å². The number of rotatable bonds is 6. The fourth-order valence-corrected chi connectivity index (χ4v) is 4.97. The van der Waals surface area contributed by atoms with E-state index in [0.717, 1.165) is 52.0 Å². The molecule has 2 aliphatic rings. The topological polar surface area (TPSA) is 88.4 Å². The first-order chi connectivity index (χ1) is 15.9. The lowest BCUT2D eigenvalue weighted by Gasteiger charge is -2.33. The third-order valence-electron chi connectivity index (χ3n) is 6.64. The lowest BCUT2D eigenvalue weighted by atomic mass is 10.1. The molecule has 1 amide bonds. The van der Waals surface area contributed by atoms with E-state index < -0.39 is 0 Å². The lowest BCUT2D eigenvalue weighted by Crippen LogP contribution is -2.50. The number of piperazine rings is 1. The molecule has 0 radical (unpaired) electrons. The Kier molecular flexibility index (Phi) is 7.58. The summed E-state index contributed by atoms with van der Waals surface area (Å²) in [6.07, 6.45) is 4.69. The van der Waals surface area contributed by atoms with E-state index in [4.69, 9.17) is 0 Å². The largest absolute Gasteiger partial charge is 0.304 e. The maximum absolute atomic E-state index is 13.2. The lowest BCUT2D eigenvalue weighted by molar-refractivity contribution is 0.0941. The first-order valence-corrected chi connectivity index (χ1v) is 12.3. The van der Waals surface area contributed by atoms with E-state index in [1.165, 1.54) is 5.56 Å². The van der Waals surface area contributed by atoms with Gasteiger partial charge in [-0.1, -0.05) is 25.5 Å². The number of benzene rings is 1. The minimum absolute atomic E-state index is 0.0753. The Hall–Kier alpha value is -2.54. The van der Waals surface area contributed by atoms with Gasteiger partial charge in [-0.25, -0.2) is 4.98 Å². The van der Waals surface area contributed by atoms with Crippen molar-refractivity contribution in [2.24, 2.45) is 5.92 Å². The molecular formula is C24H30BrN7O. The van der Waals surface area contributed by atoms with E-state index in [1.807, 2.05) is 35.3 Å². The zero-order chi connectivity index (χ0) is 23.4. The molecule has 0 bridgehead atoms. The first-order valence-electron chi connectivity index (χ1n) is 11.5. The molecule has 1 saturated carbocycles. The normalized spacial score (nSPS) is 21.5. The van der Waals surface area contributed by atoms with Gasteiger partial charge in [-0.05, 0) is 59.4 Å². The van der Waals surface area contributed by atoms with Crippen LogP contribution in [0.3, 0.4) is 0 Å². The fourth-order valence-electron chi connectivity index (χ4n) is 4.58. The van der Waals surface area contributed by atoms with Crippen molar-refractivity contribution in [3.05, 3.63) is 51.9 Å². The molecule has 0 spiro atoms. The van der Waals surface area contributed by atoms with Crippen molar-refractivity contribution in [2.45, 2.75) is 38.8 Å². The van der Waals surface area contributed by atoms with E-state index in [0.29, 0.717) is 21.8 Å². The van der Waals surface area contributed by atoms with Gasteiger partial charge in [0, 0.05) is 44.5 Å². The van der Waals surface area contributed by atoms with Crippen LogP contribution in [0.15, 0.2) is 34.9 Å². The summed E-state index contributed by atoms with van der Waals surface area (Å²) in [5.41, 5.74) is 4.87. The van der Waals surface area contributed by atoms with Gasteiger partial charge in [0.2, 0.25) is 5.82 Å². The maximum Gasteiger partial charge on any atom is 0.269 e. The van der Waals surface area contributed by atoms with Gasteiger partial charge >= 0.3 is 0 Å². The highest BCUT2D eigenvalue weighted by Gasteiger charge is 2.33. The molecule has 9 heteroatoms. The van der Waals surface area contributed by atoms with Crippen molar-refractivity contribution < 1.29 is 4.79 Å². The number of amides is 1. The summed E-state index contributed by atoms with van der Waals surface area (Å²) >= 11 is 3.50. The molecule has 2 heterocycles. The summed E-state index contributed by atoms with van der Waals surface area (Å²) in [6, 6.07) is 9.92. The smallest absolute Gasteiger partial charge is 0.269 e. The van der Waals surface area contributed by atoms with Gasteiger partial charge in [0.15, 0.2) is 5.82 Å². The molecule has 1 aromatic heterocycles. The number of carbonyl (C=O) groups is 1. The van der Waals surface area contributed by atoms with Crippen LogP contribution in [0.4, 0.5) is 5.82 Å². The van der Waals surface area contributed by atoms with Crippen molar-refractivity contribution >= 4 is 27.7 Å². The Balaban J connectivity index is 1.49. The molecule has 1 aromatic carbocycles. The minimum atomic E-state index is -0.190. The number of halogens is 1. The van der Waals surface area contributed by atoms with E-state index in [2.05, 4.69) is 55.1 Å². The van der Waals surface area contributed by atoms with E-state index in [1.54, 1.807) is 6.20 Å². The summed E-state index contributed by atoms with van der Waals surface area (Å²) in [6.45, 7) is 7.37. The van der Waals surface area contributed by atoms with Crippen LogP contribution in [0.25, 0.3) is 0 Å². The molecule has 174 valence electrons. The average Bonchev–Trinajstić information content (AvgIpc) is 3.25. The molecule has 8 nitrogen and oxygen atoms in total. The maximum atomic E-state index is 13.2. The quantitative estimate of drug-likeness (QED) is 0.595. The summed E-state index contributed by atoms with van der Waals surface area (Å²) < 4.78 is 0.642. The molecule has 1 N–H and O–H groups in total. The Morgan fingerprint density at radius 1 is 1.24 bits per heavy atom. The molecule has 2 fully saturated rings. The van der Waals surface area contributed by atoms with Gasteiger partial charge in [-0.3, -0.25) is 20.1 Å². The molecule has 1 aliphatic carbocycles. The number of hydrazine groups is 1. The third kappa shape index (κ3) is 5.69. The van der Waals surface area contributed by atoms with Crippen molar-refractivity contribution in [1.29, 1.82) is 5.26 Å². The Labute approximate surface area is 203 Å². The Morgan fingerprint density at radius 3 is 2.61 bits per heavy atom. The molecule has 1 saturated heterocycles. The third-order valence-corrected chi connectivity index (χ3v) is 7.20. The van der Waals surface area contributed by atoms with Crippen LogP contribution >= 0.6 is 15.9 Å². The van der Waals surface area contributed by atoms with Gasteiger partial charge in [0.1, 0.15) is 6.07 Å². The summed E-state index contributed by atoms with van der Waals surface area (Å²) in [5, 5.41) is 11.1. The second kappa shape index (κ2) is 10.6. The first kappa shape index (κ1) is 23.6. The fraction of sp³-hybridized carbons (Fsp3) is 0.500. The molecule has 4 rings (SSSR count). The molecule has 2 aromatic rings. The zero-order valence-corrected chi connectivity index (χ0v) is 20.8. The highest BCUT2D eigenvalue weighted by molar-refractivity contribution is 9.10. The number of carbonyl (C=O) groups excluding carboxylic acids is 1. The molecule has 1 aliphatic heterocycles. The average molecular weight is 512 g/mol. The monoisotopic (exact) mass is 511 g/mol. The number of aromatic nitrogens is 2. The number of hydrogen-bond acceptors (Lipinski definition) is 7. The Bertz CT molecular complexity index is 1010. The standard InChI is InChI=1S/C24H30BrN7O/c1-17-4-3-5-21(17)32(23-20(25)15-27-22(14-26)28-23)29-24(33)19-8-6-18(7-9-19)16-31-12-10-30(2)11-13-31/h6-9,15,17,21H,3-5,10-13,16H2,1-2H3,(H,29,33)/t17-,21-/m1/s1. The number of nitriles is 1. The second-order valence-electron chi connectivity index (χ2n) is 9.04. The highest BCUT2D eigenvalue weighted by Crippen LogP contribution is 2.33. The predicted octanol–water partition coefficient (Wildman–Crippen LogP) is 3.20. The van der Waals surface area contributed by atoms with E-state index in [9.17, 15) is 10.1 Å². The van der Waals surface area contributed by atoms with Gasteiger partial charge in [-0.15, -0.1) is 0 Å². The minimum Gasteiger partial charge on any atom is -0.304 e. The molecular weight excluding hydrogens is 482 g/mol. The zero-order valence-electron chi connectivity index (χ0n) is 19.2. The summed E-state index contributed by atoms with van der Waals surface area (Å²) in [4.78, 5) is 26.4. The number of hydrogen-bond donors (Lipinski definition) is 1. The van der Waals surface area contributed by atoms with Crippen molar-refractivity contribution in [3.63, 3.8) is 0 Å². The Morgan fingerprint density at radius 2 is 1.97 bits per heavy atom. The molecule has 0 unspecified atom stereocenters. The van der Waals surface area contributed by atoms with Crippen molar-refractivity contribution in [2.75, 3.05) is 38.2 Å². The van der Waals surface area contributed by atoms with Crippen LogP contribution < -0.4 is 10.4 Å². The number of likely N-dealkylation sites (N-methyl/N-ethyl adjacent to an activating group) is 1. The van der Waals surface area contributed by atoms with E-state index >= 15 is 0 Å². The van der Waals surface area contributed by atoms with Crippen LogP contribution in [-0.4, -0.2) is 64.9 Å². The highest BCUT2D eigenvalue weighted by atomic mass is 79.9. The van der Waals surface area contributed by atoms with Crippen molar-refractivity contribution in [1.82, 2.24) is 25.2 Å². The SMILES string of the molecule is C[C@@H]1CCC[C@H]1N(NC(=O)c1ccc(CN2CCN(C)CC2)cc1)c1nc(C#N)ncc1Br. The van der Waals surface area contributed by atoms with Crippen LogP contribution in [0.5, 0.6) is 0 Å². The van der Waals surface area contributed by atoms with Crippen LogP contribution in [0, 0.1) is 17.2 Å². The van der Waals surface area contributed by atoms with Crippen LogP contribution in [-0.2, 0) is 6.54 Å². The summed E-state index contributed by atoms with van der Waals surface area (Å²) in [7, 11) is 2.15. The predicted molar refractivity (Wildman–Crippen MR) is 130 cm³/mol. The second-order valence-corrected chi connectivity index (χ2v) is 9.89. The molecule has 2 atom stereocenters. The molecule has 33 heavy (non-hydrogen) atoms. The van der Waals surface area contributed by atoms with Crippen molar-refractivity contribution in [3.8, 4) is 6.07 Å². The van der Waals surface area contributed by atoms with Gasteiger partial charge in [0.25, 0.3) is 5.91 Å². The van der Waals surface area contributed by atoms with Gasteiger partial charge in [-0.2, -0.15) is 10.2 Å². The van der Waals surface area contributed by atoms with Crippen LogP contribution in [0.1, 0.15) is 47.9 Å². The number of anilines is 1. The van der Waals surface area contributed by atoms with Crippen LogP contribution in [0.2, 0.25) is 0 Å². The number of nitrogens with one attached hydrogen (secondary N) is 1. The van der Waals surface area contributed by atoms with Gasteiger partial charge in [0.05, 0.1) is 10.5 Å².